The lowest BCUT2D eigenvalue weighted by Crippen LogP contribution is -2.28. The number of hydrogen-bond donors (Lipinski definition) is 0. The third-order valence-corrected chi connectivity index (χ3v) is 5.46. The lowest BCUT2D eigenvalue weighted by Gasteiger charge is -2.25. The summed E-state index contributed by atoms with van der Waals surface area (Å²) in [5.41, 5.74) is 5.18. The van der Waals surface area contributed by atoms with Crippen molar-refractivity contribution in [2.75, 3.05) is 27.3 Å². The number of methoxy groups -OCH3 is 2. The second kappa shape index (κ2) is 8.03. The summed E-state index contributed by atoms with van der Waals surface area (Å²) in [6, 6.07) is 14.3. The maximum Gasteiger partial charge on any atom is 0.189 e. The number of allylic oxidation sites excluding steroid dienone is 2. The van der Waals surface area contributed by atoms with E-state index in [1.165, 1.54) is 11.1 Å². The third kappa shape index (κ3) is 3.73. The number of nitrogens with zero attached hydrogens (tertiary/aromatic N) is 1. The van der Waals surface area contributed by atoms with E-state index in [0.29, 0.717) is 17.9 Å². The zero-order valence-electron chi connectivity index (χ0n) is 16.4. The van der Waals surface area contributed by atoms with Gasteiger partial charge in [-0.3, -0.25) is 9.69 Å². The van der Waals surface area contributed by atoms with E-state index >= 15 is 0 Å². The van der Waals surface area contributed by atoms with Crippen LogP contribution >= 0.6 is 0 Å². The number of carbonyl (C=O) groups excluding carboxylic acids is 1. The van der Waals surface area contributed by atoms with Crippen LogP contribution in [0.2, 0.25) is 0 Å². The summed E-state index contributed by atoms with van der Waals surface area (Å²) in [5.74, 6) is 1.37. The van der Waals surface area contributed by atoms with Crippen LogP contribution in [-0.4, -0.2) is 38.0 Å². The predicted molar refractivity (Wildman–Crippen MR) is 110 cm³/mol. The van der Waals surface area contributed by atoms with Crippen molar-refractivity contribution >= 4 is 5.78 Å². The number of fused-ring (bicyclic) bond motifs is 1. The van der Waals surface area contributed by atoms with Crippen LogP contribution in [0, 0.1) is 0 Å². The molecule has 2 aromatic carbocycles. The topological polar surface area (TPSA) is 38.8 Å². The summed E-state index contributed by atoms with van der Waals surface area (Å²) in [5, 5.41) is 0. The lowest BCUT2D eigenvalue weighted by atomic mass is 10.0. The molecule has 0 atom stereocenters. The van der Waals surface area contributed by atoms with Gasteiger partial charge in [-0.05, 0) is 35.3 Å². The van der Waals surface area contributed by atoms with E-state index in [4.69, 9.17) is 9.47 Å². The molecule has 2 aromatic rings. The zero-order chi connectivity index (χ0) is 19.5. The first-order valence-electron chi connectivity index (χ1n) is 9.63. The van der Waals surface area contributed by atoms with Crippen molar-refractivity contribution in [3.63, 3.8) is 0 Å². The van der Waals surface area contributed by atoms with Crippen molar-refractivity contribution in [2.24, 2.45) is 0 Å². The van der Waals surface area contributed by atoms with Crippen molar-refractivity contribution < 1.29 is 14.3 Å². The summed E-state index contributed by atoms with van der Waals surface area (Å²) >= 11 is 0. The van der Waals surface area contributed by atoms with Crippen molar-refractivity contribution in [1.29, 1.82) is 0 Å². The van der Waals surface area contributed by atoms with Gasteiger partial charge in [-0.1, -0.05) is 42.5 Å². The van der Waals surface area contributed by atoms with Crippen LogP contribution < -0.4 is 9.47 Å². The van der Waals surface area contributed by atoms with Crippen LogP contribution in [0.5, 0.6) is 11.5 Å². The van der Waals surface area contributed by atoms with E-state index < -0.39 is 0 Å². The molecule has 1 aliphatic heterocycles. The van der Waals surface area contributed by atoms with Gasteiger partial charge in [0.1, 0.15) is 0 Å². The van der Waals surface area contributed by atoms with Gasteiger partial charge in [-0.25, -0.2) is 0 Å². The van der Waals surface area contributed by atoms with Gasteiger partial charge in [0.25, 0.3) is 0 Å². The van der Waals surface area contributed by atoms with E-state index in [0.717, 1.165) is 42.8 Å². The molecule has 28 heavy (non-hydrogen) atoms. The Hall–Kier alpha value is -2.85. The normalized spacial score (nSPS) is 18.1. The average molecular weight is 375 g/mol. The Bertz CT molecular complexity index is 944. The summed E-state index contributed by atoms with van der Waals surface area (Å²) in [4.78, 5) is 15.3. The fraction of sp³-hybridized carbons (Fsp3) is 0.292. The second-order valence-electron chi connectivity index (χ2n) is 7.29. The summed E-state index contributed by atoms with van der Waals surface area (Å²) in [6.07, 6.45) is 5.95. The highest BCUT2D eigenvalue weighted by Gasteiger charge is 2.27. The molecule has 1 heterocycles. The minimum Gasteiger partial charge on any atom is -0.493 e. The fourth-order valence-electron chi connectivity index (χ4n) is 3.92. The van der Waals surface area contributed by atoms with Crippen LogP contribution in [0.15, 0.2) is 65.8 Å². The van der Waals surface area contributed by atoms with Crippen molar-refractivity contribution in [3.8, 4) is 11.5 Å². The number of benzene rings is 2. The summed E-state index contributed by atoms with van der Waals surface area (Å²) in [6.45, 7) is 2.88. The van der Waals surface area contributed by atoms with Crippen molar-refractivity contribution in [3.05, 3.63) is 82.5 Å². The molecule has 4 heteroatoms. The second-order valence-corrected chi connectivity index (χ2v) is 7.29. The molecule has 0 spiro atoms. The van der Waals surface area contributed by atoms with Crippen molar-refractivity contribution in [2.45, 2.75) is 19.4 Å². The molecule has 0 saturated heterocycles. The molecule has 0 N–H and O–H groups in total. The van der Waals surface area contributed by atoms with E-state index in [9.17, 15) is 4.79 Å². The largest absolute Gasteiger partial charge is 0.493 e. The van der Waals surface area contributed by atoms with Gasteiger partial charge in [0.2, 0.25) is 0 Å². The number of carbonyl (C=O) groups is 1. The first kappa shape index (κ1) is 18.5. The Morgan fingerprint density at radius 2 is 1.82 bits per heavy atom. The highest BCUT2D eigenvalue weighted by molar-refractivity contribution is 6.13. The van der Waals surface area contributed by atoms with Gasteiger partial charge in [0.05, 0.1) is 14.2 Å². The Labute approximate surface area is 166 Å². The number of ketones is 1. The van der Waals surface area contributed by atoms with Crippen LogP contribution in [0.25, 0.3) is 0 Å². The average Bonchev–Trinajstić information content (AvgIpc) is 3.03. The number of ether oxygens (including phenoxy) is 2. The summed E-state index contributed by atoms with van der Waals surface area (Å²) < 4.78 is 10.7. The van der Waals surface area contributed by atoms with Gasteiger partial charge in [0.15, 0.2) is 17.3 Å². The smallest absolute Gasteiger partial charge is 0.189 e. The SMILES string of the molecule is COc1cc2c(cc1OC)C(=O)C(=CC1=CCN(Cc3ccccc3)CC1)C2. The monoisotopic (exact) mass is 375 g/mol. The Morgan fingerprint density at radius 1 is 1.07 bits per heavy atom. The maximum absolute atomic E-state index is 12.8. The molecule has 0 bridgehead atoms. The molecule has 0 unspecified atom stereocenters. The van der Waals surface area contributed by atoms with Gasteiger partial charge in [-0.2, -0.15) is 0 Å². The zero-order valence-corrected chi connectivity index (χ0v) is 16.4. The fourth-order valence-corrected chi connectivity index (χ4v) is 3.92. The first-order valence-corrected chi connectivity index (χ1v) is 9.63. The molecule has 2 aliphatic rings. The van der Waals surface area contributed by atoms with Gasteiger partial charge >= 0.3 is 0 Å². The molecule has 0 amide bonds. The number of Topliss-reactive ketones (excluding diaryl/α,β-unsaturated/α-hetero) is 1. The highest BCUT2D eigenvalue weighted by Crippen LogP contribution is 2.37. The molecule has 0 saturated carbocycles. The van der Waals surface area contributed by atoms with E-state index in [1.54, 1.807) is 20.3 Å². The number of rotatable bonds is 5. The van der Waals surface area contributed by atoms with Crippen LogP contribution in [0.1, 0.15) is 27.9 Å². The van der Waals surface area contributed by atoms with E-state index in [2.05, 4.69) is 41.3 Å². The van der Waals surface area contributed by atoms with Gasteiger partial charge in [-0.15, -0.1) is 0 Å². The molecular weight excluding hydrogens is 350 g/mol. The Kier molecular flexibility index (Phi) is 5.31. The van der Waals surface area contributed by atoms with Gasteiger partial charge < -0.3 is 9.47 Å². The molecule has 4 nitrogen and oxygen atoms in total. The quantitative estimate of drug-likeness (QED) is 0.734. The molecule has 1 aliphatic carbocycles. The molecule has 0 aromatic heterocycles. The first-order chi connectivity index (χ1) is 13.7. The third-order valence-electron chi connectivity index (χ3n) is 5.46. The number of hydrogen-bond acceptors (Lipinski definition) is 4. The van der Waals surface area contributed by atoms with Crippen LogP contribution in [0.4, 0.5) is 0 Å². The molecular formula is C24H25NO3. The molecule has 144 valence electrons. The van der Waals surface area contributed by atoms with Crippen molar-refractivity contribution in [1.82, 2.24) is 4.90 Å². The maximum atomic E-state index is 12.8. The van der Waals surface area contributed by atoms with E-state index in [-0.39, 0.29) is 5.78 Å². The van der Waals surface area contributed by atoms with E-state index in [1.807, 2.05) is 12.1 Å². The lowest BCUT2D eigenvalue weighted by molar-refractivity contribution is 0.103. The Morgan fingerprint density at radius 3 is 2.50 bits per heavy atom. The Balaban J connectivity index is 1.47. The van der Waals surface area contributed by atoms with Crippen LogP contribution in [0.3, 0.4) is 0 Å². The molecule has 4 rings (SSSR count). The minimum absolute atomic E-state index is 0.101. The minimum atomic E-state index is 0.101. The predicted octanol–water partition coefficient (Wildman–Crippen LogP) is 4.20. The summed E-state index contributed by atoms with van der Waals surface area (Å²) in [7, 11) is 3.21. The molecule has 0 radical (unpaired) electrons. The van der Waals surface area contributed by atoms with Gasteiger partial charge in [0, 0.05) is 37.2 Å². The van der Waals surface area contributed by atoms with Crippen LogP contribution in [-0.2, 0) is 13.0 Å². The highest BCUT2D eigenvalue weighted by atomic mass is 16.5. The standard InChI is InChI=1S/C24H25NO3/c1-27-22-14-19-13-20(24(26)21(19)15-23(22)28-2)12-17-8-10-25(11-9-17)16-18-6-4-3-5-7-18/h3-8,12,14-15H,9-11,13,16H2,1-2H3. The molecule has 0 fully saturated rings.